The van der Waals surface area contributed by atoms with Gasteiger partial charge in [0.15, 0.2) is 0 Å². The first kappa shape index (κ1) is 16.1. The Morgan fingerprint density at radius 1 is 1.18 bits per heavy atom. The second-order valence-electron chi connectivity index (χ2n) is 4.69. The zero-order valence-electron chi connectivity index (χ0n) is 11.8. The van der Waals surface area contributed by atoms with E-state index in [4.69, 9.17) is 16.7 Å². The number of amides is 1. The highest BCUT2D eigenvalue weighted by Gasteiger charge is 2.06. The van der Waals surface area contributed by atoms with Gasteiger partial charge in [-0.3, -0.25) is 4.79 Å². The van der Waals surface area contributed by atoms with Gasteiger partial charge in [0.1, 0.15) is 5.75 Å². The van der Waals surface area contributed by atoms with Crippen molar-refractivity contribution in [2.75, 3.05) is 18.5 Å². The molecule has 2 aromatic rings. The summed E-state index contributed by atoms with van der Waals surface area (Å²) >= 11 is 5.90. The summed E-state index contributed by atoms with van der Waals surface area (Å²) in [6.07, 6.45) is 0. The molecule has 0 aliphatic rings. The Kier molecular flexibility index (Phi) is 5.63. The average molecular weight is 321 g/mol. The Hall–Kier alpha value is -2.24. The summed E-state index contributed by atoms with van der Waals surface area (Å²) in [5.74, 6) is -0.0861. The molecule has 0 spiro atoms. The van der Waals surface area contributed by atoms with Gasteiger partial charge in [0.2, 0.25) is 0 Å². The molecule has 22 heavy (non-hydrogen) atoms. The number of anilines is 1. The number of carbonyl (C=O) groups is 1. The maximum atomic E-state index is 11.8. The number of rotatable bonds is 6. The summed E-state index contributed by atoms with van der Waals surface area (Å²) in [5.41, 5.74) is 1.91. The fourth-order valence-electron chi connectivity index (χ4n) is 1.93. The van der Waals surface area contributed by atoms with Crippen LogP contribution in [0.5, 0.6) is 5.75 Å². The number of aliphatic hydroxyl groups excluding tert-OH is 1. The molecule has 0 saturated heterocycles. The third-order valence-electron chi connectivity index (χ3n) is 3.05. The average Bonchev–Trinajstić information content (AvgIpc) is 2.53. The van der Waals surface area contributed by atoms with Gasteiger partial charge in [-0.2, -0.15) is 0 Å². The van der Waals surface area contributed by atoms with Gasteiger partial charge >= 0.3 is 0 Å². The van der Waals surface area contributed by atoms with E-state index in [1.807, 2.05) is 6.07 Å². The van der Waals surface area contributed by atoms with Crippen molar-refractivity contribution in [2.45, 2.75) is 6.54 Å². The van der Waals surface area contributed by atoms with Crippen LogP contribution in [0.3, 0.4) is 0 Å². The third kappa shape index (κ3) is 4.38. The number of nitrogens with one attached hydrogen (secondary N) is 2. The number of phenols is 1. The van der Waals surface area contributed by atoms with Crippen LogP contribution in [0.4, 0.5) is 5.69 Å². The van der Waals surface area contributed by atoms with Crippen LogP contribution in [0.2, 0.25) is 5.02 Å². The van der Waals surface area contributed by atoms with Crippen LogP contribution in [-0.2, 0) is 6.54 Å². The molecular weight excluding hydrogens is 304 g/mol. The lowest BCUT2D eigenvalue weighted by Gasteiger charge is -2.10. The van der Waals surface area contributed by atoms with Crippen molar-refractivity contribution < 1.29 is 15.0 Å². The van der Waals surface area contributed by atoms with Gasteiger partial charge in [-0.05, 0) is 36.4 Å². The van der Waals surface area contributed by atoms with E-state index in [1.165, 1.54) is 6.07 Å². The molecule has 2 aromatic carbocycles. The van der Waals surface area contributed by atoms with Crippen LogP contribution in [-0.4, -0.2) is 29.3 Å². The van der Waals surface area contributed by atoms with Gasteiger partial charge in [0.25, 0.3) is 5.91 Å². The van der Waals surface area contributed by atoms with E-state index < -0.39 is 0 Å². The van der Waals surface area contributed by atoms with E-state index in [1.54, 1.807) is 30.3 Å². The summed E-state index contributed by atoms with van der Waals surface area (Å²) in [6, 6.07) is 11.8. The van der Waals surface area contributed by atoms with Crippen molar-refractivity contribution in [3.63, 3.8) is 0 Å². The maximum Gasteiger partial charge on any atom is 0.251 e. The number of phenolic OH excluding ortho intramolecular Hbond substituents is 1. The predicted octanol–water partition coefficient (Wildman–Crippen LogP) is 2.38. The highest BCUT2D eigenvalue weighted by atomic mass is 35.5. The van der Waals surface area contributed by atoms with E-state index in [9.17, 15) is 9.90 Å². The zero-order chi connectivity index (χ0) is 15.9. The Balaban J connectivity index is 2.04. The lowest BCUT2D eigenvalue weighted by molar-refractivity contribution is 0.0945. The minimum absolute atomic E-state index is 0.0995. The molecule has 0 aromatic heterocycles. The van der Waals surface area contributed by atoms with E-state index in [0.29, 0.717) is 22.7 Å². The van der Waals surface area contributed by atoms with E-state index in [0.717, 1.165) is 5.69 Å². The zero-order valence-corrected chi connectivity index (χ0v) is 12.6. The molecule has 0 atom stereocenters. The molecule has 0 radical (unpaired) electrons. The fourth-order valence-corrected chi connectivity index (χ4v) is 2.13. The van der Waals surface area contributed by atoms with Crippen molar-refractivity contribution in [3.05, 3.63) is 58.6 Å². The molecular formula is C16H17ClN2O3. The van der Waals surface area contributed by atoms with E-state index >= 15 is 0 Å². The lowest BCUT2D eigenvalue weighted by Crippen LogP contribution is -2.26. The first-order valence-corrected chi connectivity index (χ1v) is 7.18. The first-order chi connectivity index (χ1) is 10.6. The minimum atomic E-state index is -0.247. The normalized spacial score (nSPS) is 10.3. The van der Waals surface area contributed by atoms with Crippen molar-refractivity contribution in [1.82, 2.24) is 5.32 Å². The van der Waals surface area contributed by atoms with Gasteiger partial charge in [-0.25, -0.2) is 0 Å². The molecule has 0 saturated carbocycles. The largest absolute Gasteiger partial charge is 0.508 e. The molecule has 0 fully saturated rings. The Morgan fingerprint density at radius 3 is 2.77 bits per heavy atom. The van der Waals surface area contributed by atoms with Gasteiger partial charge in [0, 0.05) is 34.9 Å². The number of hydrogen-bond acceptors (Lipinski definition) is 4. The molecule has 6 heteroatoms. The molecule has 4 N–H and O–H groups in total. The molecule has 5 nitrogen and oxygen atoms in total. The number of benzene rings is 2. The summed E-state index contributed by atoms with van der Waals surface area (Å²) < 4.78 is 0. The number of aliphatic hydroxyl groups is 1. The van der Waals surface area contributed by atoms with Crippen LogP contribution in [0.15, 0.2) is 42.5 Å². The summed E-state index contributed by atoms with van der Waals surface area (Å²) in [6.45, 7) is 0.499. The SMILES string of the molecule is O=C(NCCO)c1cccc(NCc2cc(Cl)ccc2O)c1. The van der Waals surface area contributed by atoms with Crippen LogP contribution in [0, 0.1) is 0 Å². The van der Waals surface area contributed by atoms with Gasteiger partial charge in [0.05, 0.1) is 6.61 Å². The number of carbonyl (C=O) groups excluding carboxylic acids is 1. The molecule has 0 heterocycles. The van der Waals surface area contributed by atoms with Crippen molar-refractivity contribution in [1.29, 1.82) is 0 Å². The highest BCUT2D eigenvalue weighted by Crippen LogP contribution is 2.22. The third-order valence-corrected chi connectivity index (χ3v) is 3.28. The molecule has 0 aliphatic carbocycles. The standard InChI is InChI=1S/C16H17ClN2O3/c17-13-4-5-15(21)12(8-13)10-19-14-3-1-2-11(9-14)16(22)18-6-7-20/h1-5,8-9,19-21H,6-7,10H2,(H,18,22). The Bertz CT molecular complexity index is 662. The molecule has 0 unspecified atom stereocenters. The number of halogens is 1. The van der Waals surface area contributed by atoms with Gasteiger partial charge in [-0.1, -0.05) is 17.7 Å². The van der Waals surface area contributed by atoms with Gasteiger partial charge < -0.3 is 20.8 Å². The minimum Gasteiger partial charge on any atom is -0.508 e. The maximum absolute atomic E-state index is 11.8. The molecule has 0 bridgehead atoms. The molecule has 2 rings (SSSR count). The highest BCUT2D eigenvalue weighted by molar-refractivity contribution is 6.30. The quantitative estimate of drug-likeness (QED) is 0.658. The van der Waals surface area contributed by atoms with Crippen LogP contribution >= 0.6 is 11.6 Å². The van der Waals surface area contributed by atoms with Crippen LogP contribution < -0.4 is 10.6 Å². The van der Waals surface area contributed by atoms with Crippen molar-refractivity contribution >= 4 is 23.2 Å². The van der Waals surface area contributed by atoms with E-state index in [-0.39, 0.29) is 24.8 Å². The lowest BCUT2D eigenvalue weighted by atomic mass is 10.1. The predicted molar refractivity (Wildman–Crippen MR) is 86.3 cm³/mol. The first-order valence-electron chi connectivity index (χ1n) is 6.80. The molecule has 0 aliphatic heterocycles. The molecule has 1 amide bonds. The Labute approximate surface area is 133 Å². The van der Waals surface area contributed by atoms with Crippen LogP contribution in [0.25, 0.3) is 0 Å². The summed E-state index contributed by atoms with van der Waals surface area (Å²) in [7, 11) is 0. The van der Waals surface area contributed by atoms with E-state index in [2.05, 4.69) is 10.6 Å². The topological polar surface area (TPSA) is 81.6 Å². The van der Waals surface area contributed by atoms with Crippen LogP contribution in [0.1, 0.15) is 15.9 Å². The van der Waals surface area contributed by atoms with Gasteiger partial charge in [-0.15, -0.1) is 0 Å². The number of hydrogen-bond donors (Lipinski definition) is 4. The Morgan fingerprint density at radius 2 is 2.00 bits per heavy atom. The second-order valence-corrected chi connectivity index (χ2v) is 5.12. The molecule has 116 valence electrons. The fraction of sp³-hybridized carbons (Fsp3) is 0.188. The summed E-state index contributed by atoms with van der Waals surface area (Å²) in [4.78, 5) is 11.8. The van der Waals surface area contributed by atoms with Crippen molar-refractivity contribution in [2.24, 2.45) is 0 Å². The van der Waals surface area contributed by atoms with Crippen molar-refractivity contribution in [3.8, 4) is 5.75 Å². The second kappa shape index (κ2) is 7.68. The monoisotopic (exact) mass is 320 g/mol. The summed E-state index contributed by atoms with van der Waals surface area (Å²) in [5, 5.41) is 24.8. The number of aromatic hydroxyl groups is 1. The smallest absolute Gasteiger partial charge is 0.251 e.